The highest BCUT2D eigenvalue weighted by Crippen LogP contribution is 2.28. The first-order valence-corrected chi connectivity index (χ1v) is 6.06. The molecule has 0 N–H and O–H groups in total. The molecule has 3 rings (SSSR count). The molecule has 0 aliphatic rings. The quantitative estimate of drug-likeness (QED) is 0.611. The largest absolute Gasteiger partial charge is 0.464 e. The Morgan fingerprint density at radius 1 is 1.11 bits per heavy atom. The SMILES string of the molecule is CCc1c(C)c2cc3c(C)coc3cc2oc1=O. The van der Waals surface area contributed by atoms with Gasteiger partial charge in [0.1, 0.15) is 11.2 Å². The zero-order chi connectivity index (χ0) is 12.9. The van der Waals surface area contributed by atoms with Gasteiger partial charge >= 0.3 is 5.63 Å². The maximum absolute atomic E-state index is 11.8. The normalized spacial score (nSPS) is 11.5. The van der Waals surface area contributed by atoms with E-state index < -0.39 is 0 Å². The van der Waals surface area contributed by atoms with Crippen molar-refractivity contribution >= 4 is 21.9 Å². The lowest BCUT2D eigenvalue weighted by Crippen LogP contribution is -2.08. The van der Waals surface area contributed by atoms with Crippen molar-refractivity contribution in [3.05, 3.63) is 45.5 Å². The van der Waals surface area contributed by atoms with Crippen molar-refractivity contribution < 1.29 is 8.83 Å². The molecule has 0 fully saturated rings. The van der Waals surface area contributed by atoms with Gasteiger partial charge in [0.25, 0.3) is 0 Å². The summed E-state index contributed by atoms with van der Waals surface area (Å²) < 4.78 is 10.8. The molecular weight excluding hydrogens is 228 g/mol. The summed E-state index contributed by atoms with van der Waals surface area (Å²) in [5.74, 6) is 0. The average molecular weight is 242 g/mol. The Kier molecular flexibility index (Phi) is 2.30. The number of fused-ring (bicyclic) bond motifs is 2. The molecule has 0 atom stereocenters. The molecule has 0 amide bonds. The van der Waals surface area contributed by atoms with E-state index in [1.807, 2.05) is 26.8 Å². The van der Waals surface area contributed by atoms with Gasteiger partial charge in [0, 0.05) is 22.4 Å². The minimum absolute atomic E-state index is 0.245. The average Bonchev–Trinajstić information content (AvgIpc) is 2.69. The van der Waals surface area contributed by atoms with Crippen molar-refractivity contribution in [2.45, 2.75) is 27.2 Å². The van der Waals surface area contributed by atoms with E-state index in [-0.39, 0.29) is 5.63 Å². The van der Waals surface area contributed by atoms with Gasteiger partial charge in [0.15, 0.2) is 0 Å². The summed E-state index contributed by atoms with van der Waals surface area (Å²) in [4.78, 5) is 11.8. The zero-order valence-electron chi connectivity index (χ0n) is 10.7. The molecule has 2 heterocycles. The Morgan fingerprint density at radius 2 is 1.89 bits per heavy atom. The van der Waals surface area contributed by atoms with Crippen LogP contribution in [0.15, 0.2) is 32.0 Å². The molecule has 0 aliphatic carbocycles. The van der Waals surface area contributed by atoms with Crippen LogP contribution in [-0.4, -0.2) is 0 Å². The van der Waals surface area contributed by atoms with Crippen LogP contribution in [0.25, 0.3) is 21.9 Å². The van der Waals surface area contributed by atoms with Gasteiger partial charge in [-0.15, -0.1) is 0 Å². The first-order valence-electron chi connectivity index (χ1n) is 6.06. The van der Waals surface area contributed by atoms with Gasteiger partial charge in [-0.1, -0.05) is 6.92 Å². The van der Waals surface area contributed by atoms with Crippen LogP contribution in [0.3, 0.4) is 0 Å². The molecule has 0 bridgehead atoms. The predicted molar refractivity (Wildman–Crippen MR) is 71.1 cm³/mol. The van der Waals surface area contributed by atoms with E-state index in [0.717, 1.165) is 33.0 Å². The lowest BCUT2D eigenvalue weighted by atomic mass is 10.0. The van der Waals surface area contributed by atoms with Crippen molar-refractivity contribution in [1.82, 2.24) is 0 Å². The number of aryl methyl sites for hydroxylation is 2. The molecule has 0 unspecified atom stereocenters. The molecule has 1 aromatic carbocycles. The molecule has 0 saturated heterocycles. The van der Waals surface area contributed by atoms with E-state index >= 15 is 0 Å². The molecular formula is C15H14O3. The molecule has 0 aliphatic heterocycles. The van der Waals surface area contributed by atoms with E-state index in [9.17, 15) is 4.79 Å². The van der Waals surface area contributed by atoms with Gasteiger partial charge in [-0.05, 0) is 37.5 Å². The Hall–Kier alpha value is -2.03. The van der Waals surface area contributed by atoms with Crippen LogP contribution in [0.4, 0.5) is 0 Å². The highest BCUT2D eigenvalue weighted by molar-refractivity contribution is 5.96. The maximum Gasteiger partial charge on any atom is 0.339 e. The van der Waals surface area contributed by atoms with Crippen LogP contribution < -0.4 is 5.63 Å². The van der Waals surface area contributed by atoms with Crippen molar-refractivity contribution in [1.29, 1.82) is 0 Å². The van der Waals surface area contributed by atoms with E-state index in [1.165, 1.54) is 0 Å². The van der Waals surface area contributed by atoms with Crippen LogP contribution in [0.1, 0.15) is 23.6 Å². The van der Waals surface area contributed by atoms with Crippen LogP contribution >= 0.6 is 0 Å². The lowest BCUT2D eigenvalue weighted by Gasteiger charge is -2.05. The second-order valence-corrected chi connectivity index (χ2v) is 4.61. The monoisotopic (exact) mass is 242 g/mol. The number of furan rings is 1. The predicted octanol–water partition coefficient (Wildman–Crippen LogP) is 3.72. The number of benzene rings is 1. The fourth-order valence-corrected chi connectivity index (χ4v) is 2.45. The molecule has 0 spiro atoms. The summed E-state index contributed by atoms with van der Waals surface area (Å²) in [5.41, 5.74) is 3.96. The van der Waals surface area contributed by atoms with Crippen LogP contribution in [0.5, 0.6) is 0 Å². The minimum atomic E-state index is -0.245. The third-order valence-electron chi connectivity index (χ3n) is 3.53. The van der Waals surface area contributed by atoms with E-state index in [2.05, 4.69) is 0 Å². The first kappa shape index (κ1) is 11.1. The molecule has 0 radical (unpaired) electrons. The maximum atomic E-state index is 11.8. The highest BCUT2D eigenvalue weighted by Gasteiger charge is 2.12. The van der Waals surface area contributed by atoms with Crippen molar-refractivity contribution in [2.24, 2.45) is 0 Å². The second kappa shape index (κ2) is 3.73. The zero-order valence-corrected chi connectivity index (χ0v) is 10.7. The molecule has 92 valence electrons. The van der Waals surface area contributed by atoms with E-state index in [4.69, 9.17) is 8.83 Å². The fraction of sp³-hybridized carbons (Fsp3) is 0.267. The summed E-state index contributed by atoms with van der Waals surface area (Å²) in [6.07, 6.45) is 2.41. The van der Waals surface area contributed by atoms with Crippen LogP contribution in [0.2, 0.25) is 0 Å². The molecule has 18 heavy (non-hydrogen) atoms. The van der Waals surface area contributed by atoms with Gasteiger partial charge in [-0.3, -0.25) is 0 Å². The molecule has 3 aromatic rings. The van der Waals surface area contributed by atoms with Crippen molar-refractivity contribution in [3.63, 3.8) is 0 Å². The van der Waals surface area contributed by atoms with Gasteiger partial charge in [-0.2, -0.15) is 0 Å². The second-order valence-electron chi connectivity index (χ2n) is 4.61. The lowest BCUT2D eigenvalue weighted by molar-refractivity contribution is 0.548. The number of hydrogen-bond acceptors (Lipinski definition) is 3. The van der Waals surface area contributed by atoms with Gasteiger partial charge in [-0.25, -0.2) is 4.79 Å². The van der Waals surface area contributed by atoms with Crippen LogP contribution in [0, 0.1) is 13.8 Å². The first-order chi connectivity index (χ1) is 8.61. The van der Waals surface area contributed by atoms with Gasteiger partial charge < -0.3 is 8.83 Å². The molecule has 0 saturated carbocycles. The molecule has 3 nitrogen and oxygen atoms in total. The number of rotatable bonds is 1. The Labute approximate surface area is 104 Å². The Bertz CT molecular complexity index is 806. The Balaban J connectivity index is 2.52. The summed E-state index contributed by atoms with van der Waals surface area (Å²) >= 11 is 0. The van der Waals surface area contributed by atoms with E-state index in [0.29, 0.717) is 12.0 Å². The number of hydrogen-bond donors (Lipinski definition) is 0. The topological polar surface area (TPSA) is 43.4 Å². The standard InChI is InChI=1S/C15H14O3/c1-4-10-9(3)12-5-11-8(2)7-17-13(11)6-14(12)18-15(10)16/h5-7H,4H2,1-3H3. The van der Waals surface area contributed by atoms with Crippen molar-refractivity contribution in [3.8, 4) is 0 Å². The third kappa shape index (κ3) is 1.40. The summed E-state index contributed by atoms with van der Waals surface area (Å²) in [6.45, 7) is 5.94. The third-order valence-corrected chi connectivity index (χ3v) is 3.53. The summed E-state index contributed by atoms with van der Waals surface area (Å²) in [7, 11) is 0. The Morgan fingerprint density at radius 3 is 2.61 bits per heavy atom. The minimum Gasteiger partial charge on any atom is -0.464 e. The van der Waals surface area contributed by atoms with E-state index in [1.54, 1.807) is 12.3 Å². The molecule has 2 aromatic heterocycles. The van der Waals surface area contributed by atoms with Crippen LogP contribution in [-0.2, 0) is 6.42 Å². The smallest absolute Gasteiger partial charge is 0.339 e. The molecule has 3 heteroatoms. The fourth-order valence-electron chi connectivity index (χ4n) is 2.45. The highest BCUT2D eigenvalue weighted by atomic mass is 16.4. The summed E-state index contributed by atoms with van der Waals surface area (Å²) in [6, 6.07) is 3.84. The van der Waals surface area contributed by atoms with Crippen molar-refractivity contribution in [2.75, 3.05) is 0 Å². The summed E-state index contributed by atoms with van der Waals surface area (Å²) in [5, 5.41) is 2.06. The van der Waals surface area contributed by atoms with Gasteiger partial charge in [0.05, 0.1) is 6.26 Å². The van der Waals surface area contributed by atoms with Gasteiger partial charge in [0.2, 0.25) is 0 Å².